The first kappa shape index (κ1) is 24.0. The molecule has 0 aromatic rings. The van der Waals surface area contributed by atoms with Gasteiger partial charge in [0.05, 0.1) is 30.2 Å². The van der Waals surface area contributed by atoms with Crippen molar-refractivity contribution in [3.05, 3.63) is 0 Å². The minimum Gasteiger partial charge on any atom is -0.361 e. The second-order valence-electron chi connectivity index (χ2n) is 10.5. The van der Waals surface area contributed by atoms with Gasteiger partial charge in [0.15, 0.2) is 0 Å². The zero-order valence-corrected chi connectivity index (χ0v) is 20.6. The molecule has 2 saturated heterocycles. The van der Waals surface area contributed by atoms with Crippen LogP contribution >= 0.6 is 0 Å². The number of fused-ring (bicyclic) bond motifs is 1. The third-order valence-electron chi connectivity index (χ3n) is 8.54. The fraction of sp³-hybridized carbons (Fsp3) is 0.913. The van der Waals surface area contributed by atoms with E-state index in [1.807, 2.05) is 23.6 Å². The van der Waals surface area contributed by atoms with E-state index in [4.69, 9.17) is 4.74 Å². The first-order valence-corrected chi connectivity index (χ1v) is 14.2. The number of rotatable bonds is 3. The SMILES string of the molecule is CC(=O)N1C2CCC(C3CCC(S(C)(=O)=O)CC3)CC2N(C(=O)C2NCOC2C)C[C@@H]1C. The van der Waals surface area contributed by atoms with E-state index in [-0.39, 0.29) is 47.3 Å². The molecule has 0 aromatic carbocycles. The average Bonchev–Trinajstić information content (AvgIpc) is 3.17. The predicted molar refractivity (Wildman–Crippen MR) is 122 cm³/mol. The van der Waals surface area contributed by atoms with Crippen LogP contribution in [-0.2, 0) is 24.2 Å². The van der Waals surface area contributed by atoms with Gasteiger partial charge in [0.25, 0.3) is 0 Å². The summed E-state index contributed by atoms with van der Waals surface area (Å²) in [6.07, 6.45) is 7.40. The second kappa shape index (κ2) is 9.22. The van der Waals surface area contributed by atoms with E-state index < -0.39 is 9.84 Å². The van der Waals surface area contributed by atoms with Gasteiger partial charge >= 0.3 is 0 Å². The summed E-state index contributed by atoms with van der Waals surface area (Å²) < 4.78 is 29.5. The molecule has 4 aliphatic rings. The average molecular weight is 470 g/mol. The zero-order valence-electron chi connectivity index (χ0n) is 19.8. The number of nitrogens with one attached hydrogen (secondary N) is 1. The highest BCUT2D eigenvalue weighted by Gasteiger charge is 2.49. The lowest BCUT2D eigenvalue weighted by Gasteiger charge is -2.55. The molecule has 1 N–H and O–H groups in total. The summed E-state index contributed by atoms with van der Waals surface area (Å²) in [6, 6.07) is -0.264. The Kier molecular flexibility index (Phi) is 6.90. The molecule has 32 heavy (non-hydrogen) atoms. The molecule has 2 saturated carbocycles. The molecule has 2 aliphatic carbocycles. The van der Waals surface area contributed by atoms with Gasteiger partial charge in [0.1, 0.15) is 15.9 Å². The van der Waals surface area contributed by atoms with Crippen LogP contribution in [-0.4, -0.2) is 85.1 Å². The first-order valence-electron chi connectivity index (χ1n) is 12.2. The van der Waals surface area contributed by atoms with Gasteiger partial charge in [-0.2, -0.15) is 0 Å². The van der Waals surface area contributed by atoms with Crippen LogP contribution in [0.1, 0.15) is 65.7 Å². The van der Waals surface area contributed by atoms with Crippen LogP contribution in [0.3, 0.4) is 0 Å². The number of hydrogen-bond acceptors (Lipinski definition) is 6. The van der Waals surface area contributed by atoms with Crippen LogP contribution in [0.2, 0.25) is 0 Å². The van der Waals surface area contributed by atoms with Crippen LogP contribution in [0, 0.1) is 11.8 Å². The maximum atomic E-state index is 13.5. The number of hydrogen-bond donors (Lipinski definition) is 1. The molecule has 6 atom stereocenters. The molecule has 2 heterocycles. The molecule has 9 heteroatoms. The van der Waals surface area contributed by atoms with Gasteiger partial charge in [-0.25, -0.2) is 8.42 Å². The Morgan fingerprint density at radius 1 is 0.969 bits per heavy atom. The van der Waals surface area contributed by atoms with Crippen LogP contribution in [0.4, 0.5) is 0 Å². The molecule has 2 aliphatic heterocycles. The minimum atomic E-state index is -2.97. The number of sulfone groups is 1. The van der Waals surface area contributed by atoms with Crippen LogP contribution in [0.5, 0.6) is 0 Å². The molecule has 4 rings (SSSR count). The van der Waals surface area contributed by atoms with Crippen molar-refractivity contribution in [3.8, 4) is 0 Å². The topological polar surface area (TPSA) is 96.0 Å². The zero-order chi connectivity index (χ0) is 23.2. The number of carbonyl (C=O) groups excluding carboxylic acids is 2. The Balaban J connectivity index is 1.51. The lowest BCUT2D eigenvalue weighted by atomic mass is 9.69. The lowest BCUT2D eigenvalue weighted by Crippen LogP contribution is -2.69. The molecule has 0 spiro atoms. The Hall–Kier alpha value is -1.19. The third kappa shape index (κ3) is 4.57. The van der Waals surface area contributed by atoms with Crippen molar-refractivity contribution in [3.63, 3.8) is 0 Å². The maximum Gasteiger partial charge on any atom is 0.242 e. The van der Waals surface area contributed by atoms with Crippen molar-refractivity contribution in [2.75, 3.05) is 19.5 Å². The monoisotopic (exact) mass is 469 g/mol. The predicted octanol–water partition coefficient (Wildman–Crippen LogP) is 1.54. The van der Waals surface area contributed by atoms with Crippen molar-refractivity contribution >= 4 is 21.7 Å². The standard InChI is InChI=1S/C23H39N3O5S/c1-14-12-25(23(28)22-15(2)31-13-24-22)21-11-18(7-10-20(21)26(14)16(3)27)17-5-8-19(9-6-17)32(4,29)30/h14-15,17-22,24H,5-13H2,1-4H3/t14-,15?,17?,18?,19?,20?,21?,22?/m0/s1. The molecule has 182 valence electrons. The smallest absolute Gasteiger partial charge is 0.242 e. The Morgan fingerprint density at radius 2 is 1.62 bits per heavy atom. The van der Waals surface area contributed by atoms with Gasteiger partial charge in [-0.05, 0) is 70.6 Å². The van der Waals surface area contributed by atoms with E-state index >= 15 is 0 Å². The van der Waals surface area contributed by atoms with E-state index in [2.05, 4.69) is 5.32 Å². The van der Waals surface area contributed by atoms with Crippen molar-refractivity contribution in [2.24, 2.45) is 11.8 Å². The molecular formula is C23H39N3O5S. The largest absolute Gasteiger partial charge is 0.361 e. The van der Waals surface area contributed by atoms with Crippen molar-refractivity contribution in [1.29, 1.82) is 0 Å². The summed E-state index contributed by atoms with van der Waals surface area (Å²) in [7, 11) is -2.97. The van der Waals surface area contributed by atoms with E-state index in [9.17, 15) is 18.0 Å². The Morgan fingerprint density at radius 3 is 2.19 bits per heavy atom. The summed E-state index contributed by atoms with van der Waals surface area (Å²) in [5.41, 5.74) is 0. The second-order valence-corrected chi connectivity index (χ2v) is 12.9. The van der Waals surface area contributed by atoms with Gasteiger partial charge in [-0.1, -0.05) is 0 Å². The van der Waals surface area contributed by atoms with E-state index in [1.54, 1.807) is 6.92 Å². The van der Waals surface area contributed by atoms with Gasteiger partial charge in [-0.3, -0.25) is 14.9 Å². The summed E-state index contributed by atoms with van der Waals surface area (Å²) in [5, 5.41) is 2.99. The van der Waals surface area contributed by atoms with Crippen LogP contribution < -0.4 is 5.32 Å². The molecular weight excluding hydrogens is 430 g/mol. The summed E-state index contributed by atoms with van der Waals surface area (Å²) in [6.45, 7) is 6.55. The molecule has 4 fully saturated rings. The van der Waals surface area contributed by atoms with Crippen molar-refractivity contribution < 1.29 is 22.7 Å². The normalized spacial score (nSPS) is 40.8. The fourth-order valence-electron chi connectivity index (χ4n) is 6.87. The minimum absolute atomic E-state index is 0.00271. The molecule has 2 amide bonds. The highest BCUT2D eigenvalue weighted by Crippen LogP contribution is 2.43. The molecule has 8 nitrogen and oxygen atoms in total. The Labute approximate surface area is 192 Å². The summed E-state index contributed by atoms with van der Waals surface area (Å²) in [4.78, 5) is 30.1. The van der Waals surface area contributed by atoms with E-state index in [0.717, 1.165) is 44.9 Å². The van der Waals surface area contributed by atoms with Crippen molar-refractivity contribution in [2.45, 2.75) is 101 Å². The number of carbonyl (C=O) groups is 2. The van der Waals surface area contributed by atoms with E-state index in [1.165, 1.54) is 6.26 Å². The number of ether oxygens (including phenoxy) is 1. The van der Waals surface area contributed by atoms with Crippen LogP contribution in [0.15, 0.2) is 0 Å². The van der Waals surface area contributed by atoms with Crippen molar-refractivity contribution in [1.82, 2.24) is 15.1 Å². The number of piperazine rings is 1. The quantitative estimate of drug-likeness (QED) is 0.674. The van der Waals surface area contributed by atoms with Gasteiger partial charge < -0.3 is 14.5 Å². The number of nitrogens with zero attached hydrogens (tertiary/aromatic N) is 2. The molecule has 5 unspecified atom stereocenters. The highest BCUT2D eigenvalue weighted by atomic mass is 32.2. The maximum absolute atomic E-state index is 13.5. The molecule has 0 bridgehead atoms. The van der Waals surface area contributed by atoms with E-state index in [0.29, 0.717) is 25.1 Å². The summed E-state index contributed by atoms with van der Waals surface area (Å²) in [5.74, 6) is 1.14. The van der Waals surface area contributed by atoms with Gasteiger partial charge in [-0.15, -0.1) is 0 Å². The molecule has 0 radical (unpaired) electrons. The lowest BCUT2D eigenvalue weighted by molar-refractivity contribution is -0.156. The highest BCUT2D eigenvalue weighted by molar-refractivity contribution is 7.91. The van der Waals surface area contributed by atoms with Crippen LogP contribution in [0.25, 0.3) is 0 Å². The number of amides is 2. The summed E-state index contributed by atoms with van der Waals surface area (Å²) >= 11 is 0. The van der Waals surface area contributed by atoms with Gasteiger partial charge in [0.2, 0.25) is 11.8 Å². The fourth-order valence-corrected chi connectivity index (χ4v) is 8.00. The Bertz CT molecular complexity index is 825. The van der Waals surface area contributed by atoms with Gasteiger partial charge in [0, 0.05) is 25.8 Å². The third-order valence-corrected chi connectivity index (χ3v) is 10.2. The first-order chi connectivity index (χ1) is 15.1. The molecule has 0 aromatic heterocycles.